The zero-order valence-electron chi connectivity index (χ0n) is 14.2. The normalized spacial score (nSPS) is 11.0. The van der Waals surface area contributed by atoms with Gasteiger partial charge in [0, 0.05) is 23.2 Å². The van der Waals surface area contributed by atoms with Gasteiger partial charge in [-0.25, -0.2) is 4.79 Å². The second-order valence-corrected chi connectivity index (χ2v) is 6.18. The molecular formula is C21H19ClN2O2. The van der Waals surface area contributed by atoms with E-state index in [1.54, 1.807) is 6.20 Å². The van der Waals surface area contributed by atoms with Crippen LogP contribution in [0.25, 0.3) is 17.0 Å². The molecule has 132 valence electrons. The van der Waals surface area contributed by atoms with E-state index < -0.39 is 6.09 Å². The van der Waals surface area contributed by atoms with Crippen LogP contribution < -0.4 is 5.32 Å². The van der Waals surface area contributed by atoms with E-state index >= 15 is 0 Å². The third-order valence-electron chi connectivity index (χ3n) is 3.83. The number of benzene rings is 2. The van der Waals surface area contributed by atoms with Gasteiger partial charge in [-0.1, -0.05) is 60.2 Å². The van der Waals surface area contributed by atoms with Crippen molar-refractivity contribution in [3.05, 3.63) is 83.0 Å². The minimum atomic E-state index is -0.411. The summed E-state index contributed by atoms with van der Waals surface area (Å²) in [7, 11) is 0. The monoisotopic (exact) mass is 366 g/mol. The standard InChI is InChI=1S/C21H19ClN2O2/c22-18-9-10-19-17(11-13-23-20(19)14-18)8-4-5-12-24-21(25)26-15-16-6-2-1-3-7-16/h1-4,6-11,13-14H,5,12,15H2,(H,24,25). The SMILES string of the molecule is O=C(NCCC=Cc1ccnc2cc(Cl)ccc12)OCc1ccccc1. The van der Waals surface area contributed by atoms with E-state index in [1.165, 1.54) is 0 Å². The number of aromatic nitrogens is 1. The lowest BCUT2D eigenvalue weighted by Gasteiger charge is -2.06. The van der Waals surface area contributed by atoms with Crippen LogP contribution in [0.3, 0.4) is 0 Å². The van der Waals surface area contributed by atoms with E-state index in [4.69, 9.17) is 16.3 Å². The lowest BCUT2D eigenvalue weighted by atomic mass is 10.1. The Morgan fingerprint density at radius 3 is 2.85 bits per heavy atom. The van der Waals surface area contributed by atoms with Crippen LogP contribution in [0.4, 0.5) is 4.79 Å². The molecule has 0 saturated carbocycles. The first-order valence-electron chi connectivity index (χ1n) is 8.38. The number of pyridine rings is 1. The topological polar surface area (TPSA) is 51.2 Å². The predicted octanol–water partition coefficient (Wildman–Crippen LogP) is 5.22. The van der Waals surface area contributed by atoms with Crippen LogP contribution >= 0.6 is 11.6 Å². The van der Waals surface area contributed by atoms with Crippen LogP contribution in [0.1, 0.15) is 17.5 Å². The van der Waals surface area contributed by atoms with E-state index in [-0.39, 0.29) is 6.61 Å². The van der Waals surface area contributed by atoms with Gasteiger partial charge in [-0.05, 0) is 35.7 Å². The number of carbonyl (C=O) groups is 1. The molecule has 0 aliphatic carbocycles. The second kappa shape index (κ2) is 9.02. The van der Waals surface area contributed by atoms with Gasteiger partial charge in [0.2, 0.25) is 0 Å². The Kier molecular flexibility index (Phi) is 6.23. The van der Waals surface area contributed by atoms with Crippen LogP contribution in [0.5, 0.6) is 0 Å². The van der Waals surface area contributed by atoms with Gasteiger partial charge in [-0.15, -0.1) is 0 Å². The summed E-state index contributed by atoms with van der Waals surface area (Å²) < 4.78 is 5.17. The number of hydrogen-bond acceptors (Lipinski definition) is 3. The maximum absolute atomic E-state index is 11.7. The highest BCUT2D eigenvalue weighted by atomic mass is 35.5. The highest BCUT2D eigenvalue weighted by molar-refractivity contribution is 6.31. The molecule has 26 heavy (non-hydrogen) atoms. The molecule has 5 heteroatoms. The van der Waals surface area contributed by atoms with Crippen molar-refractivity contribution < 1.29 is 9.53 Å². The van der Waals surface area contributed by atoms with Gasteiger partial charge in [0.05, 0.1) is 5.52 Å². The fourth-order valence-corrected chi connectivity index (χ4v) is 2.70. The Morgan fingerprint density at radius 2 is 2.00 bits per heavy atom. The van der Waals surface area contributed by atoms with E-state index in [9.17, 15) is 4.79 Å². The molecule has 0 fully saturated rings. The number of nitrogens with zero attached hydrogens (tertiary/aromatic N) is 1. The molecule has 3 rings (SSSR count). The minimum absolute atomic E-state index is 0.272. The number of carbonyl (C=O) groups excluding carboxylic acids is 1. The highest BCUT2D eigenvalue weighted by Crippen LogP contribution is 2.21. The molecule has 0 radical (unpaired) electrons. The lowest BCUT2D eigenvalue weighted by molar-refractivity contribution is 0.140. The molecule has 1 amide bonds. The van der Waals surface area contributed by atoms with E-state index in [0.717, 1.165) is 22.0 Å². The summed E-state index contributed by atoms with van der Waals surface area (Å²) in [4.78, 5) is 16.0. The molecule has 0 unspecified atom stereocenters. The highest BCUT2D eigenvalue weighted by Gasteiger charge is 2.02. The zero-order valence-corrected chi connectivity index (χ0v) is 14.9. The summed E-state index contributed by atoms with van der Waals surface area (Å²) >= 11 is 6.00. The largest absolute Gasteiger partial charge is 0.445 e. The van der Waals surface area contributed by atoms with Gasteiger partial charge in [0.15, 0.2) is 0 Å². The molecule has 0 aliphatic rings. The molecule has 1 aromatic heterocycles. The van der Waals surface area contributed by atoms with Crippen molar-refractivity contribution in [3.8, 4) is 0 Å². The van der Waals surface area contributed by atoms with Crippen molar-refractivity contribution in [2.45, 2.75) is 13.0 Å². The summed E-state index contributed by atoms with van der Waals surface area (Å²) in [5.74, 6) is 0. The zero-order chi connectivity index (χ0) is 18.2. The molecule has 0 saturated heterocycles. The minimum Gasteiger partial charge on any atom is -0.445 e. The first-order valence-corrected chi connectivity index (χ1v) is 8.75. The molecule has 0 aliphatic heterocycles. The summed E-state index contributed by atoms with van der Waals surface area (Å²) in [6.07, 6.45) is 6.09. The average Bonchev–Trinajstić information content (AvgIpc) is 2.66. The van der Waals surface area contributed by atoms with Crippen LogP contribution in [-0.2, 0) is 11.3 Å². The third kappa shape index (κ3) is 5.07. The number of amides is 1. The van der Waals surface area contributed by atoms with Gasteiger partial charge in [0.1, 0.15) is 6.61 Å². The maximum Gasteiger partial charge on any atom is 0.407 e. The molecule has 0 bridgehead atoms. The van der Waals surface area contributed by atoms with Crippen molar-refractivity contribution in [2.24, 2.45) is 0 Å². The number of halogens is 1. The summed E-state index contributed by atoms with van der Waals surface area (Å²) in [6.45, 7) is 0.785. The van der Waals surface area contributed by atoms with Crippen molar-refractivity contribution in [2.75, 3.05) is 6.54 Å². The summed E-state index contributed by atoms with van der Waals surface area (Å²) in [5, 5.41) is 4.46. The summed E-state index contributed by atoms with van der Waals surface area (Å²) in [5.41, 5.74) is 2.90. The van der Waals surface area contributed by atoms with Crippen LogP contribution in [0.15, 0.2) is 66.9 Å². The van der Waals surface area contributed by atoms with Crippen LogP contribution in [-0.4, -0.2) is 17.6 Å². The van der Waals surface area contributed by atoms with E-state index in [1.807, 2.05) is 66.7 Å². The Labute approximate surface area is 157 Å². The number of rotatable bonds is 6. The van der Waals surface area contributed by atoms with Gasteiger partial charge < -0.3 is 10.1 Å². The van der Waals surface area contributed by atoms with E-state index in [2.05, 4.69) is 10.3 Å². The van der Waals surface area contributed by atoms with Gasteiger partial charge >= 0.3 is 6.09 Å². The fraction of sp³-hybridized carbons (Fsp3) is 0.143. The number of nitrogens with one attached hydrogen (secondary N) is 1. The summed E-state index contributed by atoms with van der Waals surface area (Å²) in [6, 6.07) is 17.2. The number of hydrogen-bond donors (Lipinski definition) is 1. The second-order valence-electron chi connectivity index (χ2n) is 5.74. The molecule has 4 nitrogen and oxygen atoms in total. The molecule has 1 heterocycles. The van der Waals surface area contributed by atoms with Crippen molar-refractivity contribution >= 4 is 34.7 Å². The smallest absolute Gasteiger partial charge is 0.407 e. The molecule has 0 atom stereocenters. The first kappa shape index (κ1) is 18.0. The van der Waals surface area contributed by atoms with Gasteiger partial charge in [-0.2, -0.15) is 0 Å². The van der Waals surface area contributed by atoms with Crippen LogP contribution in [0.2, 0.25) is 5.02 Å². The fourth-order valence-electron chi connectivity index (χ4n) is 2.53. The third-order valence-corrected chi connectivity index (χ3v) is 4.06. The Balaban J connectivity index is 1.45. The maximum atomic E-state index is 11.7. The van der Waals surface area contributed by atoms with E-state index in [0.29, 0.717) is 18.0 Å². The first-order chi connectivity index (χ1) is 12.7. The molecule has 1 N–H and O–H groups in total. The van der Waals surface area contributed by atoms with Gasteiger partial charge in [-0.3, -0.25) is 4.98 Å². The van der Waals surface area contributed by atoms with Crippen LogP contribution in [0, 0.1) is 0 Å². The molecular weight excluding hydrogens is 348 g/mol. The van der Waals surface area contributed by atoms with Crippen molar-refractivity contribution in [3.63, 3.8) is 0 Å². The van der Waals surface area contributed by atoms with Crippen molar-refractivity contribution in [1.29, 1.82) is 0 Å². The Hall–Kier alpha value is -2.85. The Morgan fingerprint density at radius 1 is 1.15 bits per heavy atom. The Bertz CT molecular complexity index is 910. The quantitative estimate of drug-likeness (QED) is 0.608. The lowest BCUT2D eigenvalue weighted by Crippen LogP contribution is -2.24. The number of fused-ring (bicyclic) bond motifs is 1. The number of alkyl carbamates (subject to hydrolysis) is 1. The van der Waals surface area contributed by atoms with Gasteiger partial charge in [0.25, 0.3) is 0 Å². The molecule has 2 aromatic carbocycles. The van der Waals surface area contributed by atoms with Crippen molar-refractivity contribution in [1.82, 2.24) is 10.3 Å². The molecule has 3 aromatic rings. The predicted molar refractivity (Wildman–Crippen MR) is 105 cm³/mol. The number of ether oxygens (including phenoxy) is 1. The molecule has 0 spiro atoms. The average molecular weight is 367 g/mol.